The lowest BCUT2D eigenvalue weighted by molar-refractivity contribution is 0.0993. The molecule has 0 unspecified atom stereocenters. The number of methoxy groups -OCH3 is 1. The molecule has 2 rings (SSSR count). The molecule has 0 aliphatic carbocycles. The average Bonchev–Trinajstić information content (AvgIpc) is 2.42. The SMILES string of the molecule is COc1ccc(CC(=O)c2ccc(Cl)c(Cl)c2)cc1F. The minimum atomic E-state index is -0.494. The highest BCUT2D eigenvalue weighted by molar-refractivity contribution is 6.42. The second kappa shape index (κ2) is 6.25. The van der Waals surface area contributed by atoms with E-state index in [0.29, 0.717) is 21.2 Å². The maximum atomic E-state index is 13.5. The van der Waals surface area contributed by atoms with Gasteiger partial charge in [0.15, 0.2) is 17.3 Å². The Balaban J connectivity index is 2.19. The lowest BCUT2D eigenvalue weighted by Gasteiger charge is -2.06. The maximum Gasteiger partial charge on any atom is 0.167 e. The summed E-state index contributed by atoms with van der Waals surface area (Å²) in [5.41, 5.74) is 1.01. The number of carbonyl (C=O) groups is 1. The Labute approximate surface area is 126 Å². The van der Waals surface area contributed by atoms with E-state index in [0.717, 1.165) is 0 Å². The van der Waals surface area contributed by atoms with Gasteiger partial charge in [-0.15, -0.1) is 0 Å². The molecule has 2 aromatic rings. The normalized spacial score (nSPS) is 10.4. The zero-order valence-corrected chi connectivity index (χ0v) is 12.1. The molecule has 0 fully saturated rings. The number of benzene rings is 2. The summed E-state index contributed by atoms with van der Waals surface area (Å²) < 4.78 is 18.4. The van der Waals surface area contributed by atoms with E-state index < -0.39 is 5.82 Å². The first-order chi connectivity index (χ1) is 9.51. The van der Waals surface area contributed by atoms with Crippen LogP contribution in [0.5, 0.6) is 5.75 Å². The van der Waals surface area contributed by atoms with Gasteiger partial charge in [-0.1, -0.05) is 29.3 Å². The topological polar surface area (TPSA) is 26.3 Å². The van der Waals surface area contributed by atoms with Crippen molar-refractivity contribution in [2.24, 2.45) is 0 Å². The van der Waals surface area contributed by atoms with Crippen LogP contribution >= 0.6 is 23.2 Å². The van der Waals surface area contributed by atoms with E-state index in [-0.39, 0.29) is 18.0 Å². The van der Waals surface area contributed by atoms with E-state index in [1.165, 1.54) is 25.3 Å². The van der Waals surface area contributed by atoms with Crippen LogP contribution in [0.1, 0.15) is 15.9 Å². The van der Waals surface area contributed by atoms with Gasteiger partial charge in [-0.25, -0.2) is 4.39 Å². The quantitative estimate of drug-likeness (QED) is 0.773. The molecule has 0 radical (unpaired) electrons. The van der Waals surface area contributed by atoms with Crippen molar-refractivity contribution >= 4 is 29.0 Å². The highest BCUT2D eigenvalue weighted by atomic mass is 35.5. The Kier molecular flexibility index (Phi) is 4.63. The van der Waals surface area contributed by atoms with E-state index in [4.69, 9.17) is 27.9 Å². The molecule has 20 heavy (non-hydrogen) atoms. The molecule has 5 heteroatoms. The zero-order valence-electron chi connectivity index (χ0n) is 10.6. The fourth-order valence-corrected chi connectivity index (χ4v) is 2.07. The minimum Gasteiger partial charge on any atom is -0.494 e. The Hall–Kier alpha value is -1.58. The number of ether oxygens (including phenoxy) is 1. The Bertz CT molecular complexity index is 656. The summed E-state index contributed by atoms with van der Waals surface area (Å²) >= 11 is 11.7. The summed E-state index contributed by atoms with van der Waals surface area (Å²) in [5, 5.41) is 0.706. The Morgan fingerprint density at radius 1 is 1.15 bits per heavy atom. The molecule has 0 aliphatic rings. The van der Waals surface area contributed by atoms with Crippen LogP contribution in [-0.2, 0) is 6.42 Å². The Morgan fingerprint density at radius 2 is 1.90 bits per heavy atom. The van der Waals surface area contributed by atoms with Crippen LogP contribution in [0.4, 0.5) is 4.39 Å². The van der Waals surface area contributed by atoms with Crippen LogP contribution in [-0.4, -0.2) is 12.9 Å². The third kappa shape index (κ3) is 3.30. The summed E-state index contributed by atoms with van der Waals surface area (Å²) in [6.45, 7) is 0. The monoisotopic (exact) mass is 312 g/mol. The second-order valence-corrected chi connectivity index (χ2v) is 5.01. The van der Waals surface area contributed by atoms with Gasteiger partial charge in [0.05, 0.1) is 17.2 Å². The highest BCUT2D eigenvalue weighted by Gasteiger charge is 2.11. The molecule has 0 aliphatic heterocycles. The van der Waals surface area contributed by atoms with Crippen LogP contribution in [0.15, 0.2) is 36.4 Å². The van der Waals surface area contributed by atoms with Crippen molar-refractivity contribution in [2.45, 2.75) is 6.42 Å². The molecule has 2 nitrogen and oxygen atoms in total. The average molecular weight is 313 g/mol. The summed E-state index contributed by atoms with van der Waals surface area (Å²) in [6.07, 6.45) is 0.0822. The van der Waals surface area contributed by atoms with Crippen LogP contribution in [0.25, 0.3) is 0 Å². The van der Waals surface area contributed by atoms with Crippen molar-refractivity contribution in [3.05, 3.63) is 63.4 Å². The smallest absolute Gasteiger partial charge is 0.167 e. The maximum absolute atomic E-state index is 13.5. The van der Waals surface area contributed by atoms with Crippen LogP contribution in [0.3, 0.4) is 0 Å². The van der Waals surface area contributed by atoms with E-state index in [9.17, 15) is 9.18 Å². The molecule has 0 aromatic heterocycles. The third-order valence-electron chi connectivity index (χ3n) is 2.82. The number of hydrogen-bond acceptors (Lipinski definition) is 2. The molecule has 0 atom stereocenters. The molecular weight excluding hydrogens is 302 g/mol. The van der Waals surface area contributed by atoms with Gasteiger partial charge in [0.1, 0.15) is 0 Å². The molecule has 104 valence electrons. The van der Waals surface area contributed by atoms with Crippen molar-refractivity contribution in [3.63, 3.8) is 0 Å². The standard InChI is InChI=1S/C15H11Cl2FO2/c1-20-15-5-2-9(6-13(15)18)7-14(19)10-3-4-11(16)12(17)8-10/h2-6,8H,7H2,1H3. The van der Waals surface area contributed by atoms with Crippen molar-refractivity contribution in [3.8, 4) is 5.75 Å². The molecule has 2 aromatic carbocycles. The number of halogens is 3. The van der Waals surface area contributed by atoms with Crippen molar-refractivity contribution in [2.75, 3.05) is 7.11 Å². The van der Waals surface area contributed by atoms with E-state index in [2.05, 4.69) is 0 Å². The fourth-order valence-electron chi connectivity index (χ4n) is 1.78. The summed E-state index contributed by atoms with van der Waals surface area (Å²) in [7, 11) is 1.39. The molecular formula is C15H11Cl2FO2. The van der Waals surface area contributed by atoms with Crippen LogP contribution < -0.4 is 4.74 Å². The molecule has 0 saturated carbocycles. The fraction of sp³-hybridized carbons (Fsp3) is 0.133. The summed E-state index contributed by atoms with van der Waals surface area (Å²) in [6, 6.07) is 9.09. The number of hydrogen-bond donors (Lipinski definition) is 0. The molecule has 0 heterocycles. The highest BCUT2D eigenvalue weighted by Crippen LogP contribution is 2.24. The molecule has 0 spiro atoms. The number of ketones is 1. The predicted octanol–water partition coefficient (Wildman–Crippen LogP) is 4.57. The summed E-state index contributed by atoms with van der Waals surface area (Å²) in [4.78, 5) is 12.1. The van der Waals surface area contributed by atoms with Gasteiger partial charge >= 0.3 is 0 Å². The van der Waals surface area contributed by atoms with Crippen molar-refractivity contribution < 1.29 is 13.9 Å². The first-order valence-corrected chi connectivity index (χ1v) is 6.57. The van der Waals surface area contributed by atoms with Gasteiger partial charge in [-0.05, 0) is 35.9 Å². The lowest BCUT2D eigenvalue weighted by Crippen LogP contribution is -2.04. The molecule has 0 bridgehead atoms. The predicted molar refractivity (Wildman–Crippen MR) is 77.4 cm³/mol. The largest absolute Gasteiger partial charge is 0.494 e. The van der Waals surface area contributed by atoms with Crippen molar-refractivity contribution in [1.29, 1.82) is 0 Å². The number of Topliss-reactive ketones (excluding diaryl/α,β-unsaturated/α-hetero) is 1. The van der Waals surface area contributed by atoms with Gasteiger partial charge < -0.3 is 4.74 Å². The minimum absolute atomic E-state index is 0.0822. The zero-order chi connectivity index (χ0) is 14.7. The third-order valence-corrected chi connectivity index (χ3v) is 3.56. The van der Waals surface area contributed by atoms with Gasteiger partial charge in [0.25, 0.3) is 0 Å². The second-order valence-electron chi connectivity index (χ2n) is 4.20. The number of carbonyl (C=O) groups excluding carboxylic acids is 1. The van der Waals surface area contributed by atoms with Gasteiger partial charge in [-0.2, -0.15) is 0 Å². The van der Waals surface area contributed by atoms with Crippen molar-refractivity contribution in [1.82, 2.24) is 0 Å². The first-order valence-electron chi connectivity index (χ1n) is 5.82. The van der Waals surface area contributed by atoms with Gasteiger partial charge in [-0.3, -0.25) is 4.79 Å². The molecule has 0 N–H and O–H groups in total. The van der Waals surface area contributed by atoms with E-state index in [1.54, 1.807) is 18.2 Å². The van der Waals surface area contributed by atoms with Gasteiger partial charge in [0, 0.05) is 12.0 Å². The van der Waals surface area contributed by atoms with Gasteiger partial charge in [0.2, 0.25) is 0 Å². The van der Waals surface area contributed by atoms with Crippen LogP contribution in [0, 0.1) is 5.82 Å². The summed E-state index contributed by atoms with van der Waals surface area (Å²) in [5.74, 6) is -0.504. The molecule has 0 amide bonds. The molecule has 0 saturated heterocycles. The van der Waals surface area contributed by atoms with E-state index in [1.807, 2.05) is 0 Å². The lowest BCUT2D eigenvalue weighted by atomic mass is 10.0. The first kappa shape index (κ1) is 14.8. The Morgan fingerprint density at radius 3 is 2.50 bits per heavy atom. The number of rotatable bonds is 4. The van der Waals surface area contributed by atoms with Crippen LogP contribution in [0.2, 0.25) is 10.0 Å². The van der Waals surface area contributed by atoms with E-state index >= 15 is 0 Å².